The number of allylic oxidation sites excluding steroid dienone is 1. The molecule has 0 unspecified atom stereocenters. The highest BCUT2D eigenvalue weighted by Gasteiger charge is 1.99. The van der Waals surface area contributed by atoms with Crippen LogP contribution in [-0.4, -0.2) is 25.5 Å². The first-order chi connectivity index (χ1) is 9.16. The lowest BCUT2D eigenvalue weighted by Crippen LogP contribution is -2.10. The lowest BCUT2D eigenvalue weighted by atomic mass is 10.0. The van der Waals surface area contributed by atoms with E-state index in [1.165, 1.54) is 22.3 Å². The van der Waals surface area contributed by atoms with Crippen molar-refractivity contribution >= 4 is 5.57 Å². The van der Waals surface area contributed by atoms with Crippen LogP contribution in [0.15, 0.2) is 60.7 Å². The van der Waals surface area contributed by atoms with E-state index in [4.69, 9.17) is 0 Å². The van der Waals surface area contributed by atoms with Gasteiger partial charge in [-0.2, -0.15) is 0 Å². The maximum Gasteiger partial charge on any atom is 0.0162 e. The number of benzene rings is 2. The van der Waals surface area contributed by atoms with Crippen molar-refractivity contribution in [2.75, 3.05) is 20.6 Å². The van der Waals surface area contributed by atoms with Gasteiger partial charge in [0.1, 0.15) is 0 Å². The highest BCUT2D eigenvalue weighted by molar-refractivity contribution is 5.69. The predicted molar refractivity (Wildman–Crippen MR) is 84.1 cm³/mol. The molecule has 0 spiro atoms. The van der Waals surface area contributed by atoms with E-state index in [-0.39, 0.29) is 0 Å². The highest BCUT2D eigenvalue weighted by Crippen LogP contribution is 2.22. The summed E-state index contributed by atoms with van der Waals surface area (Å²) in [4.78, 5) is 2.17. The first-order valence-electron chi connectivity index (χ1n) is 6.64. The smallest absolute Gasteiger partial charge is 0.0162 e. The molecule has 0 heterocycles. The largest absolute Gasteiger partial charge is 0.306 e. The summed E-state index contributed by atoms with van der Waals surface area (Å²) in [5.74, 6) is 0. The Morgan fingerprint density at radius 2 is 1.47 bits per heavy atom. The monoisotopic (exact) mass is 251 g/mol. The molecule has 0 aromatic heterocycles. The van der Waals surface area contributed by atoms with Crippen LogP contribution in [0.25, 0.3) is 16.7 Å². The fraction of sp³-hybridized carbons (Fsp3) is 0.222. The van der Waals surface area contributed by atoms with Gasteiger partial charge in [-0.1, -0.05) is 60.7 Å². The van der Waals surface area contributed by atoms with Crippen LogP contribution in [0.4, 0.5) is 0 Å². The number of likely N-dealkylation sites (N-methyl/N-ethyl adjacent to an activating group) is 1. The van der Waals surface area contributed by atoms with Gasteiger partial charge in [-0.3, -0.25) is 0 Å². The van der Waals surface area contributed by atoms with E-state index in [0.717, 1.165) is 6.54 Å². The number of nitrogens with zero attached hydrogens (tertiary/aromatic N) is 1. The summed E-state index contributed by atoms with van der Waals surface area (Å²) >= 11 is 0. The van der Waals surface area contributed by atoms with Gasteiger partial charge in [0.25, 0.3) is 0 Å². The third-order valence-corrected chi connectivity index (χ3v) is 3.21. The molecule has 0 radical (unpaired) electrons. The van der Waals surface area contributed by atoms with Crippen molar-refractivity contribution in [3.05, 3.63) is 66.2 Å². The van der Waals surface area contributed by atoms with Crippen molar-refractivity contribution < 1.29 is 0 Å². The lowest BCUT2D eigenvalue weighted by Gasteiger charge is -2.08. The summed E-state index contributed by atoms with van der Waals surface area (Å²) in [6.45, 7) is 3.15. The molecular weight excluding hydrogens is 230 g/mol. The zero-order chi connectivity index (χ0) is 13.7. The second-order valence-electron chi connectivity index (χ2n) is 5.09. The summed E-state index contributed by atoms with van der Waals surface area (Å²) in [5.41, 5.74) is 5.16. The van der Waals surface area contributed by atoms with E-state index in [1.54, 1.807) is 0 Å². The molecule has 0 aliphatic carbocycles. The molecule has 2 aromatic rings. The molecule has 2 rings (SSSR count). The van der Waals surface area contributed by atoms with Gasteiger partial charge in [-0.15, -0.1) is 0 Å². The summed E-state index contributed by atoms with van der Waals surface area (Å²) < 4.78 is 0. The molecule has 98 valence electrons. The molecule has 1 nitrogen and oxygen atoms in total. The number of hydrogen-bond acceptors (Lipinski definition) is 1. The van der Waals surface area contributed by atoms with Gasteiger partial charge in [-0.25, -0.2) is 0 Å². The molecule has 0 aliphatic rings. The Labute approximate surface area is 116 Å². The van der Waals surface area contributed by atoms with Crippen molar-refractivity contribution in [2.24, 2.45) is 0 Å². The van der Waals surface area contributed by atoms with Crippen LogP contribution in [0, 0.1) is 0 Å². The second kappa shape index (κ2) is 6.35. The Balaban J connectivity index is 2.17. The molecular formula is C18H21N. The molecule has 0 amide bonds. The maximum atomic E-state index is 2.26. The number of rotatable bonds is 4. The van der Waals surface area contributed by atoms with Crippen molar-refractivity contribution in [2.45, 2.75) is 6.92 Å². The van der Waals surface area contributed by atoms with E-state index in [0.29, 0.717) is 0 Å². The Morgan fingerprint density at radius 1 is 0.895 bits per heavy atom. The third-order valence-electron chi connectivity index (χ3n) is 3.21. The molecule has 1 heteroatoms. The van der Waals surface area contributed by atoms with Crippen molar-refractivity contribution in [1.82, 2.24) is 4.90 Å². The number of hydrogen-bond donors (Lipinski definition) is 0. The van der Waals surface area contributed by atoms with Crippen molar-refractivity contribution in [1.29, 1.82) is 0 Å². The van der Waals surface area contributed by atoms with Crippen molar-refractivity contribution in [3.63, 3.8) is 0 Å². The van der Waals surface area contributed by atoms with Crippen LogP contribution in [0.3, 0.4) is 0 Å². The van der Waals surface area contributed by atoms with Crippen LogP contribution in [-0.2, 0) is 0 Å². The van der Waals surface area contributed by atoms with Crippen LogP contribution in [0.5, 0.6) is 0 Å². The highest BCUT2D eigenvalue weighted by atomic mass is 15.0. The standard InChI is InChI=1S/C18H21N/c1-15(13-14-19(2)3)16-9-11-18(12-10-16)17-7-5-4-6-8-17/h4-13H,14H2,1-3H3/b15-13+. The minimum atomic E-state index is 0.978. The van der Waals surface area contributed by atoms with Gasteiger partial charge >= 0.3 is 0 Å². The molecule has 0 atom stereocenters. The molecule has 0 saturated heterocycles. The van der Waals surface area contributed by atoms with Crippen LogP contribution in [0.1, 0.15) is 12.5 Å². The topological polar surface area (TPSA) is 3.24 Å². The van der Waals surface area contributed by atoms with E-state index >= 15 is 0 Å². The Hall–Kier alpha value is -1.86. The molecule has 0 N–H and O–H groups in total. The first-order valence-corrected chi connectivity index (χ1v) is 6.64. The first kappa shape index (κ1) is 13.6. The molecule has 2 aromatic carbocycles. The van der Waals surface area contributed by atoms with Crippen LogP contribution < -0.4 is 0 Å². The lowest BCUT2D eigenvalue weighted by molar-refractivity contribution is 0.457. The van der Waals surface area contributed by atoms with Crippen LogP contribution >= 0.6 is 0 Å². The average Bonchev–Trinajstić information content (AvgIpc) is 2.46. The van der Waals surface area contributed by atoms with Crippen LogP contribution in [0.2, 0.25) is 0 Å². The van der Waals surface area contributed by atoms with Gasteiger partial charge in [0, 0.05) is 6.54 Å². The fourth-order valence-corrected chi connectivity index (χ4v) is 1.99. The SMILES string of the molecule is C/C(=C\CN(C)C)c1ccc(-c2ccccc2)cc1. The van der Waals surface area contributed by atoms with Gasteiger partial charge in [-0.05, 0) is 43.3 Å². The van der Waals surface area contributed by atoms with Gasteiger partial charge < -0.3 is 4.90 Å². The minimum Gasteiger partial charge on any atom is -0.306 e. The minimum absolute atomic E-state index is 0.978. The maximum absolute atomic E-state index is 2.26. The van der Waals surface area contributed by atoms with E-state index in [2.05, 4.69) is 80.5 Å². The quantitative estimate of drug-likeness (QED) is 0.782. The molecule has 0 saturated carbocycles. The predicted octanol–water partition coefficient (Wildman–Crippen LogP) is 4.32. The third kappa shape index (κ3) is 3.80. The molecule has 0 bridgehead atoms. The normalized spacial score (nSPS) is 11.9. The Bertz CT molecular complexity index is 536. The molecule has 19 heavy (non-hydrogen) atoms. The fourth-order valence-electron chi connectivity index (χ4n) is 1.99. The average molecular weight is 251 g/mol. The zero-order valence-corrected chi connectivity index (χ0v) is 11.9. The van der Waals surface area contributed by atoms with Gasteiger partial charge in [0.2, 0.25) is 0 Å². The van der Waals surface area contributed by atoms with Gasteiger partial charge in [0.15, 0.2) is 0 Å². The van der Waals surface area contributed by atoms with E-state index < -0.39 is 0 Å². The van der Waals surface area contributed by atoms with Gasteiger partial charge in [0.05, 0.1) is 0 Å². The summed E-state index contributed by atoms with van der Waals surface area (Å²) in [6.07, 6.45) is 2.26. The summed E-state index contributed by atoms with van der Waals surface area (Å²) in [6, 6.07) is 19.3. The zero-order valence-electron chi connectivity index (χ0n) is 11.9. The second-order valence-corrected chi connectivity index (χ2v) is 5.09. The Kier molecular flexibility index (Phi) is 4.53. The molecule has 0 aliphatic heterocycles. The Morgan fingerprint density at radius 3 is 2.05 bits per heavy atom. The summed E-state index contributed by atoms with van der Waals surface area (Å²) in [7, 11) is 4.17. The van der Waals surface area contributed by atoms with Crippen molar-refractivity contribution in [3.8, 4) is 11.1 Å². The summed E-state index contributed by atoms with van der Waals surface area (Å²) in [5, 5.41) is 0. The molecule has 0 fully saturated rings. The van der Waals surface area contributed by atoms with E-state index in [9.17, 15) is 0 Å². The van der Waals surface area contributed by atoms with E-state index in [1.807, 2.05) is 6.07 Å².